The largest absolute Gasteiger partial charge is 0.388 e. The Morgan fingerprint density at radius 1 is 1.24 bits per heavy atom. The highest BCUT2D eigenvalue weighted by Gasteiger charge is 2.37. The summed E-state index contributed by atoms with van der Waals surface area (Å²) >= 11 is 0. The Balaban J connectivity index is 1.84. The monoisotopic (exact) mass is 240 g/mol. The number of carbonyl (C=O) groups excluding carboxylic acids is 1. The van der Waals surface area contributed by atoms with Crippen LogP contribution in [0.2, 0.25) is 0 Å². The number of carbonyl (C=O) groups is 1. The number of aliphatic hydroxyl groups is 1. The predicted octanol–water partition coefficient (Wildman–Crippen LogP) is 0.797. The first-order chi connectivity index (χ1) is 8.04. The summed E-state index contributed by atoms with van der Waals surface area (Å²) in [4.78, 5) is 12.2. The van der Waals surface area contributed by atoms with Crippen molar-refractivity contribution in [3.63, 3.8) is 0 Å². The molecule has 4 nitrogen and oxygen atoms in total. The molecule has 2 fully saturated rings. The fraction of sp³-hybridized carbons (Fsp3) is 0.923. The third-order valence-corrected chi connectivity index (χ3v) is 4.37. The lowest BCUT2D eigenvalue weighted by atomic mass is 9.80. The van der Waals surface area contributed by atoms with Crippen molar-refractivity contribution < 1.29 is 9.90 Å². The zero-order valence-corrected chi connectivity index (χ0v) is 10.7. The lowest BCUT2D eigenvalue weighted by Gasteiger charge is -2.34. The standard InChI is InChI=1S/C13H24N2O2/c1-12(6-8-14-9-7-12)11(16)15-10-13(17)4-2-3-5-13/h14,17H,2-10H2,1H3,(H,15,16). The van der Waals surface area contributed by atoms with Crippen LogP contribution < -0.4 is 10.6 Å². The summed E-state index contributed by atoms with van der Waals surface area (Å²) in [6, 6.07) is 0. The second-order valence-corrected chi connectivity index (χ2v) is 5.92. The molecule has 0 aromatic carbocycles. The Morgan fingerprint density at radius 3 is 2.41 bits per heavy atom. The molecular weight excluding hydrogens is 216 g/mol. The maximum atomic E-state index is 12.2. The molecule has 1 aliphatic carbocycles. The third-order valence-electron chi connectivity index (χ3n) is 4.37. The van der Waals surface area contributed by atoms with Crippen LogP contribution in [0, 0.1) is 5.41 Å². The van der Waals surface area contributed by atoms with Gasteiger partial charge < -0.3 is 15.7 Å². The van der Waals surface area contributed by atoms with Crippen molar-refractivity contribution in [1.82, 2.24) is 10.6 Å². The summed E-state index contributed by atoms with van der Waals surface area (Å²) in [5, 5.41) is 16.4. The van der Waals surface area contributed by atoms with Gasteiger partial charge in [0.25, 0.3) is 0 Å². The number of nitrogens with one attached hydrogen (secondary N) is 2. The van der Waals surface area contributed by atoms with E-state index >= 15 is 0 Å². The van der Waals surface area contributed by atoms with Gasteiger partial charge in [-0.2, -0.15) is 0 Å². The molecule has 1 saturated heterocycles. The molecule has 0 aromatic rings. The topological polar surface area (TPSA) is 61.4 Å². The van der Waals surface area contributed by atoms with Crippen LogP contribution in [0.25, 0.3) is 0 Å². The molecule has 2 aliphatic rings. The molecule has 0 radical (unpaired) electrons. The van der Waals surface area contributed by atoms with Crippen molar-refractivity contribution >= 4 is 5.91 Å². The van der Waals surface area contributed by atoms with Crippen molar-refractivity contribution in [2.24, 2.45) is 5.41 Å². The summed E-state index contributed by atoms with van der Waals surface area (Å²) < 4.78 is 0. The van der Waals surface area contributed by atoms with Crippen molar-refractivity contribution in [1.29, 1.82) is 0 Å². The molecule has 4 heteroatoms. The molecule has 1 aliphatic heterocycles. The first kappa shape index (κ1) is 12.8. The van der Waals surface area contributed by atoms with Gasteiger partial charge in [0.1, 0.15) is 0 Å². The average molecular weight is 240 g/mol. The minimum atomic E-state index is -0.640. The quantitative estimate of drug-likeness (QED) is 0.684. The number of amides is 1. The summed E-state index contributed by atoms with van der Waals surface area (Å²) in [5.41, 5.74) is -0.890. The van der Waals surface area contributed by atoms with E-state index < -0.39 is 5.60 Å². The fourth-order valence-electron chi connectivity index (χ4n) is 2.87. The Labute approximate surface area is 103 Å². The molecule has 98 valence electrons. The van der Waals surface area contributed by atoms with Gasteiger partial charge in [-0.15, -0.1) is 0 Å². The van der Waals surface area contributed by atoms with Crippen LogP contribution in [0.15, 0.2) is 0 Å². The summed E-state index contributed by atoms with van der Waals surface area (Å²) in [7, 11) is 0. The molecule has 1 heterocycles. The first-order valence-corrected chi connectivity index (χ1v) is 6.76. The van der Waals surface area contributed by atoms with E-state index in [1.807, 2.05) is 6.92 Å². The van der Waals surface area contributed by atoms with Crippen LogP contribution in [0.5, 0.6) is 0 Å². The van der Waals surface area contributed by atoms with Gasteiger partial charge in [-0.05, 0) is 38.8 Å². The van der Waals surface area contributed by atoms with E-state index in [9.17, 15) is 9.90 Å². The Morgan fingerprint density at radius 2 is 1.82 bits per heavy atom. The van der Waals surface area contributed by atoms with E-state index in [2.05, 4.69) is 10.6 Å². The highest BCUT2D eigenvalue weighted by atomic mass is 16.3. The van der Waals surface area contributed by atoms with Gasteiger partial charge >= 0.3 is 0 Å². The minimum absolute atomic E-state index is 0.110. The highest BCUT2D eigenvalue weighted by Crippen LogP contribution is 2.31. The fourth-order valence-corrected chi connectivity index (χ4v) is 2.87. The van der Waals surface area contributed by atoms with Gasteiger partial charge in [-0.25, -0.2) is 0 Å². The maximum Gasteiger partial charge on any atom is 0.226 e. The van der Waals surface area contributed by atoms with E-state index in [4.69, 9.17) is 0 Å². The summed E-state index contributed by atoms with van der Waals surface area (Å²) in [6.07, 6.45) is 5.58. The molecule has 1 amide bonds. The van der Waals surface area contributed by atoms with Gasteiger partial charge in [0.05, 0.1) is 5.60 Å². The van der Waals surface area contributed by atoms with E-state index in [0.717, 1.165) is 51.6 Å². The zero-order valence-electron chi connectivity index (χ0n) is 10.7. The number of piperidine rings is 1. The molecule has 2 rings (SSSR count). The third kappa shape index (κ3) is 2.99. The van der Waals surface area contributed by atoms with E-state index in [0.29, 0.717) is 6.54 Å². The summed E-state index contributed by atoms with van der Waals surface area (Å²) in [6.45, 7) is 4.28. The number of hydrogen-bond acceptors (Lipinski definition) is 3. The molecular formula is C13H24N2O2. The van der Waals surface area contributed by atoms with Gasteiger partial charge in [-0.1, -0.05) is 19.8 Å². The zero-order chi connectivity index (χ0) is 12.4. The molecule has 0 aromatic heterocycles. The first-order valence-electron chi connectivity index (χ1n) is 6.76. The lowest BCUT2D eigenvalue weighted by molar-refractivity contribution is -0.132. The van der Waals surface area contributed by atoms with Crippen LogP contribution in [0.1, 0.15) is 45.4 Å². The van der Waals surface area contributed by atoms with Crippen LogP contribution in [-0.2, 0) is 4.79 Å². The van der Waals surface area contributed by atoms with E-state index in [1.54, 1.807) is 0 Å². The van der Waals surface area contributed by atoms with Crippen molar-refractivity contribution in [3.05, 3.63) is 0 Å². The molecule has 0 unspecified atom stereocenters. The van der Waals surface area contributed by atoms with Crippen LogP contribution >= 0.6 is 0 Å². The highest BCUT2D eigenvalue weighted by molar-refractivity contribution is 5.82. The molecule has 0 spiro atoms. The second kappa shape index (κ2) is 4.94. The SMILES string of the molecule is CC1(C(=O)NCC2(O)CCCC2)CCNCC1. The smallest absolute Gasteiger partial charge is 0.226 e. The van der Waals surface area contributed by atoms with Gasteiger partial charge in [0.2, 0.25) is 5.91 Å². The van der Waals surface area contributed by atoms with Crippen molar-refractivity contribution in [2.45, 2.75) is 51.0 Å². The van der Waals surface area contributed by atoms with Crippen LogP contribution in [-0.4, -0.2) is 36.2 Å². The Kier molecular flexibility index (Phi) is 3.73. The molecule has 1 saturated carbocycles. The van der Waals surface area contributed by atoms with Gasteiger partial charge in [-0.3, -0.25) is 4.79 Å². The maximum absolute atomic E-state index is 12.2. The molecule has 17 heavy (non-hydrogen) atoms. The Hall–Kier alpha value is -0.610. The lowest BCUT2D eigenvalue weighted by Crippen LogP contribution is -2.49. The Bertz CT molecular complexity index is 279. The number of hydrogen-bond donors (Lipinski definition) is 3. The second-order valence-electron chi connectivity index (χ2n) is 5.92. The van der Waals surface area contributed by atoms with Crippen LogP contribution in [0.4, 0.5) is 0 Å². The van der Waals surface area contributed by atoms with Crippen molar-refractivity contribution in [3.8, 4) is 0 Å². The average Bonchev–Trinajstić information content (AvgIpc) is 2.75. The predicted molar refractivity (Wildman–Crippen MR) is 66.6 cm³/mol. The molecule has 0 bridgehead atoms. The molecule has 3 N–H and O–H groups in total. The minimum Gasteiger partial charge on any atom is -0.388 e. The van der Waals surface area contributed by atoms with E-state index in [-0.39, 0.29) is 11.3 Å². The van der Waals surface area contributed by atoms with E-state index in [1.165, 1.54) is 0 Å². The van der Waals surface area contributed by atoms with Crippen molar-refractivity contribution in [2.75, 3.05) is 19.6 Å². The summed E-state index contributed by atoms with van der Waals surface area (Å²) in [5.74, 6) is 0.110. The number of rotatable bonds is 3. The van der Waals surface area contributed by atoms with Gasteiger partial charge in [0, 0.05) is 12.0 Å². The van der Waals surface area contributed by atoms with Gasteiger partial charge in [0.15, 0.2) is 0 Å². The normalized spacial score (nSPS) is 26.7. The van der Waals surface area contributed by atoms with Crippen LogP contribution in [0.3, 0.4) is 0 Å². The molecule has 0 atom stereocenters.